The number of aryl methyl sites for hydroxylation is 2. The molecule has 1 aromatic rings. The van der Waals surface area contributed by atoms with Crippen LogP contribution in [0, 0.1) is 5.92 Å². The van der Waals surface area contributed by atoms with Gasteiger partial charge in [-0.15, -0.1) is 0 Å². The standard InChI is InChI=1S/C15H21NO2/c1-11(15(17)18)10-16-8-7-12-5-6-13-3-2-4-14(13)9-12/h5-6,9,11,16H,2-4,7-8,10H2,1H3,(H,17,18). The highest BCUT2D eigenvalue weighted by Gasteiger charge is 2.11. The molecule has 0 fully saturated rings. The largest absolute Gasteiger partial charge is 0.481 e. The molecule has 0 amide bonds. The summed E-state index contributed by atoms with van der Waals surface area (Å²) in [5.74, 6) is -1.05. The number of fused-ring (bicyclic) bond motifs is 1. The Morgan fingerprint density at radius 1 is 1.39 bits per heavy atom. The molecule has 18 heavy (non-hydrogen) atoms. The number of hydrogen-bond donors (Lipinski definition) is 2. The Balaban J connectivity index is 1.75. The van der Waals surface area contributed by atoms with Crippen LogP contribution in [0.5, 0.6) is 0 Å². The fourth-order valence-electron chi connectivity index (χ4n) is 2.42. The van der Waals surface area contributed by atoms with Crippen LogP contribution in [-0.4, -0.2) is 24.2 Å². The lowest BCUT2D eigenvalue weighted by Gasteiger charge is -2.09. The van der Waals surface area contributed by atoms with Crippen LogP contribution in [0.3, 0.4) is 0 Å². The summed E-state index contributed by atoms with van der Waals surface area (Å²) in [6.07, 6.45) is 4.70. The van der Waals surface area contributed by atoms with Gasteiger partial charge in [-0.05, 0) is 48.9 Å². The van der Waals surface area contributed by atoms with Crippen LogP contribution < -0.4 is 5.32 Å². The van der Waals surface area contributed by atoms with Crippen molar-refractivity contribution >= 4 is 5.97 Å². The van der Waals surface area contributed by atoms with Crippen LogP contribution in [0.4, 0.5) is 0 Å². The zero-order valence-corrected chi connectivity index (χ0v) is 10.9. The highest BCUT2D eigenvalue weighted by molar-refractivity contribution is 5.69. The average molecular weight is 247 g/mol. The van der Waals surface area contributed by atoms with Crippen molar-refractivity contribution in [2.45, 2.75) is 32.6 Å². The summed E-state index contributed by atoms with van der Waals surface area (Å²) in [5.41, 5.74) is 4.36. The van der Waals surface area contributed by atoms with E-state index in [4.69, 9.17) is 5.11 Å². The summed E-state index contributed by atoms with van der Waals surface area (Å²) >= 11 is 0. The van der Waals surface area contributed by atoms with Crippen molar-refractivity contribution in [2.24, 2.45) is 5.92 Å². The van der Waals surface area contributed by atoms with Crippen LogP contribution in [0.15, 0.2) is 18.2 Å². The van der Waals surface area contributed by atoms with E-state index in [-0.39, 0.29) is 5.92 Å². The van der Waals surface area contributed by atoms with Crippen LogP contribution >= 0.6 is 0 Å². The molecule has 1 aliphatic carbocycles. The van der Waals surface area contributed by atoms with E-state index >= 15 is 0 Å². The van der Waals surface area contributed by atoms with Crippen molar-refractivity contribution < 1.29 is 9.90 Å². The molecule has 1 aliphatic rings. The Bertz CT molecular complexity index is 429. The van der Waals surface area contributed by atoms with Gasteiger partial charge in [0, 0.05) is 6.54 Å². The van der Waals surface area contributed by atoms with Gasteiger partial charge < -0.3 is 10.4 Å². The number of nitrogens with one attached hydrogen (secondary N) is 1. The lowest BCUT2D eigenvalue weighted by Crippen LogP contribution is -2.27. The molecule has 3 nitrogen and oxygen atoms in total. The van der Waals surface area contributed by atoms with Gasteiger partial charge in [0.15, 0.2) is 0 Å². The monoisotopic (exact) mass is 247 g/mol. The molecule has 1 aromatic carbocycles. The summed E-state index contributed by atoms with van der Waals surface area (Å²) in [6, 6.07) is 6.76. The van der Waals surface area contributed by atoms with E-state index in [1.54, 1.807) is 6.92 Å². The van der Waals surface area contributed by atoms with Gasteiger partial charge in [-0.1, -0.05) is 25.1 Å². The zero-order valence-electron chi connectivity index (χ0n) is 10.9. The highest BCUT2D eigenvalue weighted by atomic mass is 16.4. The minimum Gasteiger partial charge on any atom is -0.481 e. The Morgan fingerprint density at radius 2 is 2.17 bits per heavy atom. The molecular weight excluding hydrogens is 226 g/mol. The van der Waals surface area contributed by atoms with Crippen molar-refractivity contribution in [3.05, 3.63) is 34.9 Å². The fourth-order valence-corrected chi connectivity index (χ4v) is 2.42. The van der Waals surface area contributed by atoms with E-state index in [0.29, 0.717) is 6.54 Å². The predicted octanol–water partition coefficient (Wildman–Crippen LogP) is 2.03. The quantitative estimate of drug-likeness (QED) is 0.756. The Hall–Kier alpha value is -1.35. The van der Waals surface area contributed by atoms with Gasteiger partial charge in [0.25, 0.3) is 0 Å². The van der Waals surface area contributed by atoms with Gasteiger partial charge in [0.05, 0.1) is 5.92 Å². The van der Waals surface area contributed by atoms with Crippen molar-refractivity contribution in [3.8, 4) is 0 Å². The smallest absolute Gasteiger partial charge is 0.307 e. The number of hydrogen-bond acceptors (Lipinski definition) is 2. The molecule has 0 radical (unpaired) electrons. The van der Waals surface area contributed by atoms with Crippen molar-refractivity contribution in [3.63, 3.8) is 0 Å². The van der Waals surface area contributed by atoms with E-state index in [2.05, 4.69) is 23.5 Å². The van der Waals surface area contributed by atoms with E-state index in [0.717, 1.165) is 13.0 Å². The lowest BCUT2D eigenvalue weighted by atomic mass is 10.0. The maximum absolute atomic E-state index is 10.7. The molecule has 1 atom stereocenters. The number of carboxylic acids is 1. The lowest BCUT2D eigenvalue weighted by molar-refractivity contribution is -0.140. The number of benzene rings is 1. The van der Waals surface area contributed by atoms with Gasteiger partial charge in [-0.25, -0.2) is 0 Å². The summed E-state index contributed by atoms with van der Waals surface area (Å²) < 4.78 is 0. The SMILES string of the molecule is CC(CNCCc1ccc2c(c1)CCC2)C(=O)O. The Labute approximate surface area is 108 Å². The molecule has 0 saturated carbocycles. The average Bonchev–Trinajstić information content (AvgIpc) is 2.81. The minimum atomic E-state index is -0.736. The van der Waals surface area contributed by atoms with Gasteiger partial charge in [0.1, 0.15) is 0 Å². The van der Waals surface area contributed by atoms with Crippen LogP contribution in [0.25, 0.3) is 0 Å². The number of aliphatic carboxylic acids is 1. The second-order valence-corrected chi connectivity index (χ2v) is 5.15. The van der Waals surface area contributed by atoms with Crippen molar-refractivity contribution in [1.82, 2.24) is 5.32 Å². The Kier molecular flexibility index (Phi) is 4.37. The minimum absolute atomic E-state index is 0.315. The second kappa shape index (κ2) is 6.01. The molecule has 98 valence electrons. The molecule has 2 rings (SSSR count). The molecule has 1 unspecified atom stereocenters. The van der Waals surface area contributed by atoms with E-state index in [9.17, 15) is 4.79 Å². The second-order valence-electron chi connectivity index (χ2n) is 5.15. The van der Waals surface area contributed by atoms with Crippen LogP contribution in [0.2, 0.25) is 0 Å². The molecule has 2 N–H and O–H groups in total. The molecule has 0 saturated heterocycles. The van der Waals surface area contributed by atoms with Crippen LogP contribution in [-0.2, 0) is 24.1 Å². The van der Waals surface area contributed by atoms with Gasteiger partial charge >= 0.3 is 5.97 Å². The van der Waals surface area contributed by atoms with Crippen molar-refractivity contribution in [2.75, 3.05) is 13.1 Å². The van der Waals surface area contributed by atoms with E-state index in [1.165, 1.54) is 36.0 Å². The molecular formula is C15H21NO2. The van der Waals surface area contributed by atoms with Gasteiger partial charge in [-0.2, -0.15) is 0 Å². The summed E-state index contributed by atoms with van der Waals surface area (Å²) in [4.78, 5) is 10.7. The first-order valence-electron chi connectivity index (χ1n) is 6.71. The van der Waals surface area contributed by atoms with Gasteiger partial charge in [0.2, 0.25) is 0 Å². The Morgan fingerprint density at radius 3 is 2.94 bits per heavy atom. The summed E-state index contributed by atoms with van der Waals surface area (Å²) in [5, 5.41) is 12.0. The third kappa shape index (κ3) is 3.33. The van der Waals surface area contributed by atoms with Gasteiger partial charge in [-0.3, -0.25) is 4.79 Å². The van der Waals surface area contributed by atoms with Crippen molar-refractivity contribution in [1.29, 1.82) is 0 Å². The number of rotatable bonds is 6. The number of carboxylic acid groups (broad SMARTS) is 1. The highest BCUT2D eigenvalue weighted by Crippen LogP contribution is 2.22. The fraction of sp³-hybridized carbons (Fsp3) is 0.533. The normalized spacial score (nSPS) is 15.4. The molecule has 0 heterocycles. The molecule has 0 aliphatic heterocycles. The maximum atomic E-state index is 10.7. The molecule has 0 bridgehead atoms. The predicted molar refractivity (Wildman–Crippen MR) is 71.8 cm³/mol. The molecule has 0 aromatic heterocycles. The third-order valence-corrected chi connectivity index (χ3v) is 3.63. The first-order chi connectivity index (χ1) is 8.66. The zero-order chi connectivity index (χ0) is 13.0. The molecule has 0 spiro atoms. The summed E-state index contributed by atoms with van der Waals surface area (Å²) in [7, 11) is 0. The van der Waals surface area contributed by atoms with E-state index in [1.807, 2.05) is 0 Å². The first kappa shape index (κ1) is 13.1. The van der Waals surface area contributed by atoms with Crippen LogP contribution in [0.1, 0.15) is 30.0 Å². The third-order valence-electron chi connectivity index (χ3n) is 3.63. The van der Waals surface area contributed by atoms with E-state index < -0.39 is 5.97 Å². The number of carbonyl (C=O) groups is 1. The first-order valence-corrected chi connectivity index (χ1v) is 6.71. The molecule has 3 heteroatoms. The summed E-state index contributed by atoms with van der Waals surface area (Å²) in [6.45, 7) is 3.11. The maximum Gasteiger partial charge on any atom is 0.307 e. The topological polar surface area (TPSA) is 49.3 Å².